The molecular formula is C20H16ClFN6O2. The van der Waals surface area contributed by atoms with Gasteiger partial charge in [-0.25, -0.2) is 24.3 Å². The van der Waals surface area contributed by atoms with Gasteiger partial charge in [-0.15, -0.1) is 0 Å². The van der Waals surface area contributed by atoms with Crippen LogP contribution in [0, 0.1) is 5.82 Å². The van der Waals surface area contributed by atoms with Crippen molar-refractivity contribution in [2.24, 2.45) is 0 Å². The highest BCUT2D eigenvalue weighted by Crippen LogP contribution is 2.33. The van der Waals surface area contributed by atoms with Crippen LogP contribution in [0.2, 0.25) is 5.02 Å². The second kappa shape index (κ2) is 7.96. The van der Waals surface area contributed by atoms with E-state index in [4.69, 9.17) is 11.6 Å². The molecule has 2 heterocycles. The Labute approximate surface area is 175 Å². The van der Waals surface area contributed by atoms with Crippen molar-refractivity contribution in [2.75, 3.05) is 10.6 Å². The van der Waals surface area contributed by atoms with Crippen molar-refractivity contribution in [1.82, 2.24) is 19.9 Å². The third-order valence-electron chi connectivity index (χ3n) is 4.42. The van der Waals surface area contributed by atoms with Gasteiger partial charge in [0.1, 0.15) is 23.2 Å². The first-order chi connectivity index (χ1) is 14.4. The quantitative estimate of drug-likeness (QED) is 0.344. The molecule has 1 atom stereocenters. The topological polar surface area (TPSA) is 116 Å². The second-order valence-corrected chi connectivity index (χ2v) is 6.89. The van der Waals surface area contributed by atoms with Crippen molar-refractivity contribution in [3.05, 3.63) is 65.3 Å². The van der Waals surface area contributed by atoms with E-state index < -0.39 is 11.9 Å². The summed E-state index contributed by atoms with van der Waals surface area (Å²) in [6.45, 7) is 1.79. The normalized spacial score (nSPS) is 12.0. The molecule has 0 amide bonds. The first-order valence-corrected chi connectivity index (χ1v) is 9.27. The number of phenols is 2. The number of rotatable bonds is 5. The lowest BCUT2D eigenvalue weighted by Gasteiger charge is -2.16. The van der Waals surface area contributed by atoms with Crippen LogP contribution in [0.1, 0.15) is 18.5 Å². The number of nitrogens with zero attached hydrogens (tertiary/aromatic N) is 4. The fraction of sp³-hybridized carbons (Fsp3) is 0.100. The Bertz CT molecular complexity index is 1240. The summed E-state index contributed by atoms with van der Waals surface area (Å²) in [7, 11) is 0. The molecule has 0 radical (unpaired) electrons. The molecule has 152 valence electrons. The summed E-state index contributed by atoms with van der Waals surface area (Å²) in [6.07, 6.45) is 2.89. The average Bonchev–Trinajstić information content (AvgIpc) is 2.73. The average molecular weight is 427 g/mol. The summed E-state index contributed by atoms with van der Waals surface area (Å²) >= 11 is 5.84. The molecule has 30 heavy (non-hydrogen) atoms. The van der Waals surface area contributed by atoms with Gasteiger partial charge < -0.3 is 20.8 Å². The van der Waals surface area contributed by atoms with Crippen LogP contribution in [-0.4, -0.2) is 30.1 Å². The maximum atomic E-state index is 13.4. The zero-order valence-electron chi connectivity index (χ0n) is 15.6. The molecule has 0 aliphatic carbocycles. The van der Waals surface area contributed by atoms with Crippen molar-refractivity contribution in [2.45, 2.75) is 13.0 Å². The summed E-state index contributed by atoms with van der Waals surface area (Å²) in [5.74, 6) is -0.280. The number of para-hydroxylation sites is 1. The van der Waals surface area contributed by atoms with Crippen LogP contribution in [0.4, 0.5) is 21.8 Å². The minimum atomic E-state index is -0.521. The number of fused-ring (bicyclic) bond motifs is 1. The summed E-state index contributed by atoms with van der Waals surface area (Å²) in [6, 6.07) is 8.54. The third kappa shape index (κ3) is 3.87. The van der Waals surface area contributed by atoms with Crippen LogP contribution in [-0.2, 0) is 0 Å². The predicted molar refractivity (Wildman–Crippen MR) is 112 cm³/mol. The molecule has 8 nitrogen and oxygen atoms in total. The lowest BCUT2D eigenvalue weighted by molar-refractivity contribution is 0.398. The second-order valence-electron chi connectivity index (χ2n) is 6.48. The molecule has 4 aromatic rings. The van der Waals surface area contributed by atoms with Gasteiger partial charge in [0.2, 0.25) is 5.95 Å². The summed E-state index contributed by atoms with van der Waals surface area (Å²) in [4.78, 5) is 17.1. The van der Waals surface area contributed by atoms with Crippen LogP contribution in [0.3, 0.4) is 0 Å². The predicted octanol–water partition coefficient (Wildman–Crippen LogP) is 4.54. The standard InChI is InChI=1S/C20H16ClFN6O2/c1-10(12-3-2-4-16(29)18(12)30)26-20-23-8-15-17(28-20)19(25-9-24-15)27-11-5-6-14(22)13(21)7-11/h2-10,29-30H,1H3,(H,23,26,28)(H,24,25,27). The van der Waals surface area contributed by atoms with Gasteiger partial charge in [0.15, 0.2) is 17.3 Å². The molecule has 0 aliphatic heterocycles. The maximum Gasteiger partial charge on any atom is 0.223 e. The van der Waals surface area contributed by atoms with Crippen molar-refractivity contribution in [3.8, 4) is 11.5 Å². The number of aromatic nitrogens is 4. The van der Waals surface area contributed by atoms with E-state index in [-0.39, 0.29) is 22.5 Å². The Balaban J connectivity index is 1.65. The Morgan fingerprint density at radius 3 is 2.73 bits per heavy atom. The van der Waals surface area contributed by atoms with Gasteiger partial charge in [-0.1, -0.05) is 23.7 Å². The van der Waals surface area contributed by atoms with Crippen molar-refractivity contribution < 1.29 is 14.6 Å². The SMILES string of the molecule is CC(Nc1ncc2ncnc(Nc3ccc(F)c(Cl)c3)c2n1)c1cccc(O)c1O. The van der Waals surface area contributed by atoms with Gasteiger partial charge in [0.05, 0.1) is 17.3 Å². The molecule has 0 saturated carbocycles. The van der Waals surface area contributed by atoms with E-state index >= 15 is 0 Å². The van der Waals surface area contributed by atoms with E-state index in [9.17, 15) is 14.6 Å². The van der Waals surface area contributed by atoms with E-state index in [1.807, 2.05) is 0 Å². The zero-order valence-corrected chi connectivity index (χ0v) is 16.4. The van der Waals surface area contributed by atoms with Crippen molar-refractivity contribution in [3.63, 3.8) is 0 Å². The molecule has 0 saturated heterocycles. The molecule has 4 rings (SSSR count). The lowest BCUT2D eigenvalue weighted by atomic mass is 10.1. The fourth-order valence-corrected chi connectivity index (χ4v) is 3.08. The largest absolute Gasteiger partial charge is 0.504 e. The Kier molecular flexibility index (Phi) is 5.20. The Hall–Kier alpha value is -3.72. The molecule has 10 heteroatoms. The van der Waals surface area contributed by atoms with E-state index in [0.29, 0.717) is 28.1 Å². The molecule has 2 aromatic carbocycles. The first kappa shape index (κ1) is 19.6. The molecular weight excluding hydrogens is 411 g/mol. The summed E-state index contributed by atoms with van der Waals surface area (Å²) in [5.41, 5.74) is 1.96. The van der Waals surface area contributed by atoms with Crippen LogP contribution < -0.4 is 10.6 Å². The van der Waals surface area contributed by atoms with E-state index in [1.165, 1.54) is 36.8 Å². The lowest BCUT2D eigenvalue weighted by Crippen LogP contribution is -2.10. The van der Waals surface area contributed by atoms with Crippen LogP contribution in [0.15, 0.2) is 48.9 Å². The summed E-state index contributed by atoms with van der Waals surface area (Å²) < 4.78 is 13.4. The zero-order chi connectivity index (χ0) is 21.3. The number of phenolic OH excluding ortho intramolecular Hbond substituents is 2. The summed E-state index contributed by atoms with van der Waals surface area (Å²) in [5, 5.41) is 25.9. The van der Waals surface area contributed by atoms with Gasteiger partial charge in [0, 0.05) is 11.3 Å². The Morgan fingerprint density at radius 2 is 1.93 bits per heavy atom. The van der Waals surface area contributed by atoms with E-state index in [2.05, 4.69) is 30.6 Å². The van der Waals surface area contributed by atoms with Crippen LogP contribution in [0.5, 0.6) is 11.5 Å². The van der Waals surface area contributed by atoms with Crippen molar-refractivity contribution >= 4 is 40.1 Å². The number of benzene rings is 2. The first-order valence-electron chi connectivity index (χ1n) is 8.89. The number of hydrogen-bond donors (Lipinski definition) is 4. The van der Waals surface area contributed by atoms with Gasteiger partial charge >= 0.3 is 0 Å². The third-order valence-corrected chi connectivity index (χ3v) is 4.71. The highest BCUT2D eigenvalue weighted by Gasteiger charge is 2.15. The molecule has 0 spiro atoms. The Morgan fingerprint density at radius 1 is 1.10 bits per heavy atom. The maximum absolute atomic E-state index is 13.4. The molecule has 4 N–H and O–H groups in total. The molecule has 0 fully saturated rings. The van der Waals surface area contributed by atoms with Crippen LogP contribution >= 0.6 is 11.6 Å². The highest BCUT2D eigenvalue weighted by molar-refractivity contribution is 6.31. The minimum Gasteiger partial charge on any atom is -0.504 e. The van der Waals surface area contributed by atoms with Gasteiger partial charge in [-0.2, -0.15) is 0 Å². The molecule has 1 unspecified atom stereocenters. The van der Waals surface area contributed by atoms with Crippen LogP contribution in [0.25, 0.3) is 11.0 Å². The van der Waals surface area contributed by atoms with E-state index in [0.717, 1.165) is 0 Å². The highest BCUT2D eigenvalue weighted by atomic mass is 35.5. The molecule has 2 aromatic heterocycles. The number of aromatic hydroxyl groups is 2. The smallest absolute Gasteiger partial charge is 0.223 e. The molecule has 0 aliphatic rings. The number of halogens is 2. The fourth-order valence-electron chi connectivity index (χ4n) is 2.90. The number of nitrogens with one attached hydrogen (secondary N) is 2. The van der Waals surface area contributed by atoms with Gasteiger partial charge in [-0.3, -0.25) is 0 Å². The minimum absolute atomic E-state index is 0.0184. The van der Waals surface area contributed by atoms with Gasteiger partial charge in [-0.05, 0) is 31.2 Å². The number of anilines is 3. The molecule has 0 bridgehead atoms. The van der Waals surface area contributed by atoms with Gasteiger partial charge in [0.25, 0.3) is 0 Å². The van der Waals surface area contributed by atoms with Crippen molar-refractivity contribution in [1.29, 1.82) is 0 Å². The van der Waals surface area contributed by atoms with E-state index in [1.54, 1.807) is 19.1 Å². The monoisotopic (exact) mass is 426 g/mol. The number of hydrogen-bond acceptors (Lipinski definition) is 8.